The van der Waals surface area contributed by atoms with Crippen molar-refractivity contribution in [1.82, 2.24) is 5.06 Å². The SMILES string of the molecule is COC(=O)CCC(=O)OCCOC(=O)ON1C(=O)CCC1=O. The minimum atomic E-state index is -1.26. The van der Waals surface area contributed by atoms with Crippen LogP contribution < -0.4 is 0 Å². The summed E-state index contributed by atoms with van der Waals surface area (Å²) in [5.74, 6) is -2.46. The number of nitrogens with zero attached hydrogens (tertiary/aromatic N) is 1. The highest BCUT2D eigenvalue weighted by Crippen LogP contribution is 2.12. The summed E-state index contributed by atoms with van der Waals surface area (Å²) in [4.78, 5) is 59.9. The Morgan fingerprint density at radius 2 is 1.50 bits per heavy atom. The van der Waals surface area contributed by atoms with E-state index in [0.29, 0.717) is 5.06 Å². The molecule has 1 rings (SSSR count). The highest BCUT2D eigenvalue weighted by molar-refractivity contribution is 6.01. The summed E-state index contributed by atoms with van der Waals surface area (Å²) in [6, 6.07) is 0. The van der Waals surface area contributed by atoms with Crippen LogP contribution in [0.1, 0.15) is 25.7 Å². The van der Waals surface area contributed by atoms with Crippen molar-refractivity contribution in [3.8, 4) is 0 Å². The van der Waals surface area contributed by atoms with Gasteiger partial charge in [0.05, 0.1) is 20.0 Å². The fourth-order valence-electron chi connectivity index (χ4n) is 1.42. The fourth-order valence-corrected chi connectivity index (χ4v) is 1.42. The smallest absolute Gasteiger partial charge is 0.469 e. The lowest BCUT2D eigenvalue weighted by Crippen LogP contribution is -2.32. The summed E-state index contributed by atoms with van der Waals surface area (Å²) >= 11 is 0. The molecule has 1 saturated heterocycles. The predicted octanol–water partition coefficient (Wildman–Crippen LogP) is -0.300. The normalized spacial score (nSPS) is 13.8. The van der Waals surface area contributed by atoms with Gasteiger partial charge in [-0.1, -0.05) is 5.06 Å². The van der Waals surface area contributed by atoms with Gasteiger partial charge in [0.15, 0.2) is 0 Å². The van der Waals surface area contributed by atoms with E-state index in [4.69, 9.17) is 0 Å². The Kier molecular flexibility index (Phi) is 6.80. The molecular formula is C12H15NO9. The maximum absolute atomic E-state index is 11.2. The van der Waals surface area contributed by atoms with Crippen molar-refractivity contribution in [2.24, 2.45) is 0 Å². The number of rotatable bonds is 7. The van der Waals surface area contributed by atoms with Gasteiger partial charge >= 0.3 is 18.1 Å². The number of ether oxygens (including phenoxy) is 3. The van der Waals surface area contributed by atoms with Crippen LogP contribution in [0.3, 0.4) is 0 Å². The average Bonchev–Trinajstić information content (AvgIpc) is 2.81. The first-order valence-corrected chi connectivity index (χ1v) is 6.37. The van der Waals surface area contributed by atoms with E-state index in [0.717, 1.165) is 0 Å². The number of hydroxylamine groups is 2. The Morgan fingerprint density at radius 1 is 0.955 bits per heavy atom. The molecule has 10 nitrogen and oxygen atoms in total. The lowest BCUT2D eigenvalue weighted by molar-refractivity contribution is -0.177. The molecule has 1 aliphatic heterocycles. The first kappa shape index (κ1) is 17.4. The molecule has 122 valence electrons. The molecule has 1 fully saturated rings. The third kappa shape index (κ3) is 5.77. The van der Waals surface area contributed by atoms with Crippen LogP contribution in [-0.4, -0.2) is 55.3 Å². The van der Waals surface area contributed by atoms with Gasteiger partial charge in [-0.25, -0.2) is 4.79 Å². The number of methoxy groups -OCH3 is 1. The van der Waals surface area contributed by atoms with Crippen LogP contribution in [0, 0.1) is 0 Å². The van der Waals surface area contributed by atoms with E-state index >= 15 is 0 Å². The lowest BCUT2D eigenvalue weighted by Gasteiger charge is -2.12. The van der Waals surface area contributed by atoms with E-state index in [9.17, 15) is 24.0 Å². The quantitative estimate of drug-likeness (QED) is 0.269. The molecule has 10 heteroatoms. The molecule has 0 unspecified atom stereocenters. The Labute approximate surface area is 125 Å². The van der Waals surface area contributed by atoms with Gasteiger partial charge in [-0.3, -0.25) is 24.0 Å². The number of imide groups is 1. The second kappa shape index (κ2) is 8.60. The molecule has 0 aromatic heterocycles. The van der Waals surface area contributed by atoms with Crippen molar-refractivity contribution in [2.75, 3.05) is 20.3 Å². The number of carbonyl (C=O) groups is 5. The summed E-state index contributed by atoms with van der Waals surface area (Å²) < 4.78 is 13.5. The maximum atomic E-state index is 11.2. The van der Waals surface area contributed by atoms with Gasteiger partial charge < -0.3 is 14.2 Å². The van der Waals surface area contributed by atoms with Gasteiger partial charge in [-0.2, -0.15) is 0 Å². The van der Waals surface area contributed by atoms with Crippen molar-refractivity contribution in [3.05, 3.63) is 0 Å². The topological polar surface area (TPSA) is 126 Å². The van der Waals surface area contributed by atoms with Crippen LogP contribution in [0.15, 0.2) is 0 Å². The van der Waals surface area contributed by atoms with Gasteiger partial charge in [-0.15, -0.1) is 0 Å². The summed E-state index contributed by atoms with van der Waals surface area (Å²) in [5, 5.41) is 0.338. The molecule has 0 spiro atoms. The largest absolute Gasteiger partial charge is 0.534 e. The second-order valence-corrected chi connectivity index (χ2v) is 4.07. The Morgan fingerprint density at radius 3 is 2.09 bits per heavy atom. The summed E-state index contributed by atoms with van der Waals surface area (Å²) in [7, 11) is 1.20. The molecule has 0 bridgehead atoms. The lowest BCUT2D eigenvalue weighted by atomic mass is 10.3. The molecule has 0 aromatic rings. The van der Waals surface area contributed by atoms with Crippen molar-refractivity contribution >= 4 is 29.9 Å². The number of hydrogen-bond donors (Lipinski definition) is 0. The van der Waals surface area contributed by atoms with Gasteiger partial charge in [-0.05, 0) is 0 Å². The summed E-state index contributed by atoms with van der Waals surface area (Å²) in [6.45, 7) is -0.573. The molecule has 0 radical (unpaired) electrons. The molecular weight excluding hydrogens is 302 g/mol. The second-order valence-electron chi connectivity index (χ2n) is 4.07. The minimum Gasteiger partial charge on any atom is -0.469 e. The number of esters is 2. The van der Waals surface area contributed by atoms with E-state index in [2.05, 4.69) is 19.0 Å². The summed E-state index contributed by atoms with van der Waals surface area (Å²) in [5.41, 5.74) is 0. The van der Waals surface area contributed by atoms with E-state index in [-0.39, 0.29) is 38.9 Å². The molecule has 0 aliphatic carbocycles. The Balaban J connectivity index is 2.12. The molecule has 2 amide bonds. The monoisotopic (exact) mass is 317 g/mol. The molecule has 0 saturated carbocycles. The van der Waals surface area contributed by atoms with Gasteiger partial charge in [0.2, 0.25) is 0 Å². The number of carbonyl (C=O) groups excluding carboxylic acids is 5. The zero-order chi connectivity index (χ0) is 16.5. The molecule has 0 N–H and O–H groups in total. The van der Waals surface area contributed by atoms with Crippen LogP contribution in [-0.2, 0) is 38.2 Å². The first-order chi connectivity index (χ1) is 10.4. The minimum absolute atomic E-state index is 0.0239. The Hall–Kier alpha value is -2.65. The Bertz CT molecular complexity index is 457. The zero-order valence-electron chi connectivity index (χ0n) is 11.9. The first-order valence-electron chi connectivity index (χ1n) is 6.37. The van der Waals surface area contributed by atoms with Crippen LogP contribution in [0.4, 0.5) is 4.79 Å². The van der Waals surface area contributed by atoms with E-state index in [1.54, 1.807) is 0 Å². The third-order valence-electron chi connectivity index (χ3n) is 2.50. The molecule has 1 aliphatic rings. The highest BCUT2D eigenvalue weighted by atomic mass is 16.8. The van der Waals surface area contributed by atoms with Gasteiger partial charge in [0.25, 0.3) is 11.8 Å². The van der Waals surface area contributed by atoms with Crippen molar-refractivity contribution in [3.63, 3.8) is 0 Å². The van der Waals surface area contributed by atoms with E-state index in [1.807, 2.05) is 0 Å². The van der Waals surface area contributed by atoms with Crippen molar-refractivity contribution in [2.45, 2.75) is 25.7 Å². The van der Waals surface area contributed by atoms with Crippen molar-refractivity contribution in [1.29, 1.82) is 0 Å². The summed E-state index contributed by atoms with van der Waals surface area (Å²) in [6.07, 6.45) is -1.58. The van der Waals surface area contributed by atoms with E-state index < -0.39 is 29.9 Å². The molecule has 22 heavy (non-hydrogen) atoms. The van der Waals surface area contributed by atoms with Crippen molar-refractivity contribution < 1.29 is 43.0 Å². The standard InChI is InChI=1S/C12H15NO9/c1-19-10(16)4-5-11(17)20-6-7-21-12(18)22-13-8(14)2-3-9(13)15/h2-7H2,1H3. The average molecular weight is 317 g/mol. The van der Waals surface area contributed by atoms with Gasteiger partial charge in [0.1, 0.15) is 13.2 Å². The maximum Gasteiger partial charge on any atom is 0.534 e. The van der Waals surface area contributed by atoms with Crippen LogP contribution in [0.5, 0.6) is 0 Å². The third-order valence-corrected chi connectivity index (χ3v) is 2.50. The van der Waals surface area contributed by atoms with Gasteiger partial charge in [0, 0.05) is 12.8 Å². The highest BCUT2D eigenvalue weighted by Gasteiger charge is 2.33. The van der Waals surface area contributed by atoms with Crippen LogP contribution in [0.2, 0.25) is 0 Å². The number of amides is 2. The van der Waals surface area contributed by atoms with Crippen LogP contribution >= 0.6 is 0 Å². The fraction of sp³-hybridized carbons (Fsp3) is 0.583. The number of hydrogen-bond acceptors (Lipinski definition) is 9. The van der Waals surface area contributed by atoms with Crippen LogP contribution in [0.25, 0.3) is 0 Å². The molecule has 1 heterocycles. The predicted molar refractivity (Wildman–Crippen MR) is 65.7 cm³/mol. The zero-order valence-corrected chi connectivity index (χ0v) is 11.9. The van der Waals surface area contributed by atoms with E-state index in [1.165, 1.54) is 7.11 Å². The molecule has 0 atom stereocenters. The molecule has 0 aromatic carbocycles.